The Labute approximate surface area is 192 Å². The van der Waals surface area contributed by atoms with Gasteiger partial charge in [-0.05, 0) is 36.1 Å². The molecule has 0 aliphatic carbocycles. The molecule has 0 spiro atoms. The van der Waals surface area contributed by atoms with Crippen LogP contribution in [0.4, 0.5) is 10.9 Å². The predicted octanol–water partition coefficient (Wildman–Crippen LogP) is 6.93. The van der Waals surface area contributed by atoms with Gasteiger partial charge in [0.15, 0.2) is 16.7 Å². The minimum Gasteiger partial charge on any atom is -0.485 e. The first kappa shape index (κ1) is 20.0. The van der Waals surface area contributed by atoms with Crippen molar-refractivity contribution in [3.63, 3.8) is 0 Å². The van der Waals surface area contributed by atoms with Crippen molar-refractivity contribution in [2.24, 2.45) is 0 Å². The van der Waals surface area contributed by atoms with Crippen molar-refractivity contribution >= 4 is 55.6 Å². The van der Waals surface area contributed by atoms with Gasteiger partial charge in [-0.2, -0.15) is 0 Å². The Balaban J connectivity index is 1.44. The van der Waals surface area contributed by atoms with Gasteiger partial charge in [-0.25, -0.2) is 9.97 Å². The van der Waals surface area contributed by atoms with Crippen molar-refractivity contribution in [2.45, 2.75) is 23.3 Å². The van der Waals surface area contributed by atoms with Gasteiger partial charge >= 0.3 is 0 Å². The van der Waals surface area contributed by atoms with Crippen molar-refractivity contribution in [3.8, 4) is 5.75 Å². The lowest BCUT2D eigenvalue weighted by Gasteiger charge is -2.13. The van der Waals surface area contributed by atoms with Crippen LogP contribution in [0.15, 0.2) is 81.5 Å². The van der Waals surface area contributed by atoms with Crippen molar-refractivity contribution < 1.29 is 4.74 Å². The summed E-state index contributed by atoms with van der Waals surface area (Å²) in [6.45, 7) is 2.44. The number of benzene rings is 1. The number of nitrogens with zero attached hydrogens (tertiary/aromatic N) is 3. The van der Waals surface area contributed by atoms with Gasteiger partial charge in [-0.3, -0.25) is 4.98 Å². The summed E-state index contributed by atoms with van der Waals surface area (Å²) in [5.41, 5.74) is 3.09. The number of pyridine rings is 2. The molecule has 5 nitrogen and oxygen atoms in total. The third-order valence-corrected chi connectivity index (χ3v) is 7.41. The van der Waals surface area contributed by atoms with Crippen molar-refractivity contribution in [1.82, 2.24) is 15.0 Å². The SMILES string of the molecule is Cc1csc(Nc2ncc(Sc3ccnc4ccsc34)cc2OCc2ccccc2)n1. The van der Waals surface area contributed by atoms with Crippen LogP contribution in [-0.2, 0) is 6.61 Å². The average molecular weight is 463 g/mol. The highest BCUT2D eigenvalue weighted by atomic mass is 32.2. The van der Waals surface area contributed by atoms with Crippen molar-refractivity contribution in [3.05, 3.63) is 82.9 Å². The number of nitrogens with one attached hydrogen (secondary N) is 1. The first-order valence-electron chi connectivity index (χ1n) is 9.60. The molecule has 1 aromatic carbocycles. The molecule has 5 rings (SSSR count). The monoisotopic (exact) mass is 462 g/mol. The summed E-state index contributed by atoms with van der Waals surface area (Å²) in [7, 11) is 0. The molecule has 5 aromatic rings. The van der Waals surface area contributed by atoms with E-state index in [2.05, 4.69) is 25.6 Å². The van der Waals surface area contributed by atoms with E-state index in [1.165, 1.54) is 4.70 Å². The molecule has 0 radical (unpaired) electrons. The number of thiazole rings is 1. The zero-order valence-corrected chi connectivity index (χ0v) is 19.1. The Morgan fingerprint density at radius 1 is 1.06 bits per heavy atom. The molecule has 0 aliphatic heterocycles. The van der Waals surface area contributed by atoms with Crippen LogP contribution < -0.4 is 10.1 Å². The molecule has 0 bridgehead atoms. The fourth-order valence-electron chi connectivity index (χ4n) is 2.99. The Bertz CT molecular complexity index is 1320. The lowest BCUT2D eigenvalue weighted by atomic mass is 10.2. The smallest absolute Gasteiger partial charge is 0.188 e. The topological polar surface area (TPSA) is 59.9 Å². The number of aryl methyl sites for hydroxylation is 1. The van der Waals surface area contributed by atoms with Gasteiger partial charge in [0.25, 0.3) is 0 Å². The minimum absolute atomic E-state index is 0.465. The number of hydrogen-bond donors (Lipinski definition) is 1. The van der Waals surface area contributed by atoms with Gasteiger partial charge in [0.1, 0.15) is 6.61 Å². The maximum Gasteiger partial charge on any atom is 0.188 e. The van der Waals surface area contributed by atoms with E-state index >= 15 is 0 Å². The third-order valence-electron chi connectivity index (χ3n) is 4.44. The Morgan fingerprint density at radius 3 is 2.81 bits per heavy atom. The summed E-state index contributed by atoms with van der Waals surface area (Å²) < 4.78 is 7.36. The third kappa shape index (κ3) is 4.71. The summed E-state index contributed by atoms with van der Waals surface area (Å²) in [6, 6.07) is 16.2. The number of rotatable bonds is 7. The van der Waals surface area contributed by atoms with Gasteiger partial charge in [0, 0.05) is 27.6 Å². The molecule has 4 aromatic heterocycles. The van der Waals surface area contributed by atoms with Gasteiger partial charge in [0.2, 0.25) is 0 Å². The second-order valence-electron chi connectivity index (χ2n) is 6.76. The quantitative estimate of drug-likeness (QED) is 0.283. The number of ether oxygens (including phenoxy) is 1. The van der Waals surface area contributed by atoms with Gasteiger partial charge < -0.3 is 10.1 Å². The van der Waals surface area contributed by atoms with Crippen LogP contribution in [0.3, 0.4) is 0 Å². The molecule has 1 N–H and O–H groups in total. The summed E-state index contributed by atoms with van der Waals surface area (Å²) in [5, 5.41) is 8.17. The van der Waals surface area contributed by atoms with E-state index in [-0.39, 0.29) is 0 Å². The van der Waals surface area contributed by atoms with E-state index in [0.29, 0.717) is 18.2 Å². The first-order chi connectivity index (χ1) is 15.2. The predicted molar refractivity (Wildman–Crippen MR) is 129 cm³/mol. The highest BCUT2D eigenvalue weighted by Gasteiger charge is 2.12. The number of thiophene rings is 1. The van der Waals surface area contributed by atoms with E-state index in [1.54, 1.807) is 34.4 Å². The fourth-order valence-corrected chi connectivity index (χ4v) is 5.56. The standard InChI is InChI=1S/C23H18N4OS3/c1-15-14-30-23(26-15)27-22-19(28-13-16-5-3-2-4-6-16)11-17(12-25-22)31-20-7-9-24-18-8-10-29-21(18)20/h2-12,14H,13H2,1H3,(H,25,26,27). The highest BCUT2D eigenvalue weighted by molar-refractivity contribution is 7.99. The fraction of sp³-hybridized carbons (Fsp3) is 0.0870. The maximum atomic E-state index is 6.18. The lowest BCUT2D eigenvalue weighted by Crippen LogP contribution is -2.01. The van der Waals surface area contributed by atoms with E-state index in [9.17, 15) is 0 Å². The molecule has 0 aliphatic rings. The molecule has 0 saturated carbocycles. The summed E-state index contributed by atoms with van der Waals surface area (Å²) in [4.78, 5) is 15.7. The van der Waals surface area contributed by atoms with Gasteiger partial charge in [0.05, 0.1) is 15.9 Å². The second kappa shape index (κ2) is 9.05. The molecule has 4 heterocycles. The molecule has 0 unspecified atom stereocenters. The largest absolute Gasteiger partial charge is 0.485 e. The molecule has 0 saturated heterocycles. The summed E-state index contributed by atoms with van der Waals surface area (Å²) in [6.07, 6.45) is 3.71. The number of fused-ring (bicyclic) bond motifs is 1. The zero-order chi connectivity index (χ0) is 21.0. The highest BCUT2D eigenvalue weighted by Crippen LogP contribution is 2.38. The molecular formula is C23H18N4OS3. The van der Waals surface area contributed by atoms with Crippen LogP contribution in [0.25, 0.3) is 10.2 Å². The van der Waals surface area contributed by atoms with Gasteiger partial charge in [-0.1, -0.05) is 42.1 Å². The molecule has 0 fully saturated rings. The lowest BCUT2D eigenvalue weighted by molar-refractivity contribution is 0.306. The average Bonchev–Trinajstić information content (AvgIpc) is 3.44. The van der Waals surface area contributed by atoms with Crippen molar-refractivity contribution in [1.29, 1.82) is 0 Å². The summed E-state index contributed by atoms with van der Waals surface area (Å²) >= 11 is 4.91. The molecular weight excluding hydrogens is 444 g/mol. The second-order valence-corrected chi connectivity index (χ2v) is 9.65. The Hall–Kier alpha value is -2.94. The maximum absolute atomic E-state index is 6.18. The van der Waals surface area contributed by atoms with Crippen LogP contribution >= 0.6 is 34.4 Å². The zero-order valence-electron chi connectivity index (χ0n) is 16.6. The number of anilines is 2. The van der Waals surface area contributed by atoms with E-state index in [1.807, 2.05) is 73.2 Å². The molecule has 154 valence electrons. The number of aromatic nitrogens is 3. The van der Waals surface area contributed by atoms with Crippen LogP contribution in [-0.4, -0.2) is 15.0 Å². The first-order valence-corrected chi connectivity index (χ1v) is 12.2. The molecule has 8 heteroatoms. The molecule has 31 heavy (non-hydrogen) atoms. The normalized spacial score (nSPS) is 11.0. The van der Waals surface area contributed by atoms with E-state index in [4.69, 9.17) is 4.74 Å². The molecule has 0 atom stereocenters. The van der Waals surface area contributed by atoms with Crippen LogP contribution in [0.2, 0.25) is 0 Å². The van der Waals surface area contributed by atoms with Crippen LogP contribution in [0, 0.1) is 6.92 Å². The number of hydrogen-bond acceptors (Lipinski definition) is 8. The Kier molecular flexibility index (Phi) is 5.84. The van der Waals surface area contributed by atoms with E-state index < -0.39 is 0 Å². The summed E-state index contributed by atoms with van der Waals surface area (Å²) in [5.74, 6) is 1.35. The Morgan fingerprint density at radius 2 is 1.97 bits per heavy atom. The van der Waals surface area contributed by atoms with Gasteiger partial charge in [-0.15, -0.1) is 22.7 Å². The van der Waals surface area contributed by atoms with Crippen molar-refractivity contribution in [2.75, 3.05) is 5.32 Å². The van der Waals surface area contributed by atoms with Crippen LogP contribution in [0.1, 0.15) is 11.3 Å². The molecule has 0 amide bonds. The van der Waals surface area contributed by atoms with E-state index in [0.717, 1.165) is 31.7 Å². The minimum atomic E-state index is 0.465. The van der Waals surface area contributed by atoms with Crippen LogP contribution in [0.5, 0.6) is 5.75 Å².